The van der Waals surface area contributed by atoms with Gasteiger partial charge in [-0.1, -0.05) is 48.5 Å². The Morgan fingerprint density at radius 3 is 2.24 bits per heavy atom. The predicted octanol–water partition coefficient (Wildman–Crippen LogP) is 3.11. The Morgan fingerprint density at radius 2 is 1.60 bits per heavy atom. The first-order valence-corrected chi connectivity index (χ1v) is 9.83. The molecule has 0 N–H and O–H groups in total. The van der Waals surface area contributed by atoms with Crippen molar-refractivity contribution < 1.29 is 8.42 Å². The molecule has 1 aliphatic heterocycles. The summed E-state index contributed by atoms with van der Waals surface area (Å²) in [5.41, 5.74) is 2.88. The molecule has 5 nitrogen and oxygen atoms in total. The van der Waals surface area contributed by atoms with E-state index >= 15 is 0 Å². The van der Waals surface area contributed by atoms with E-state index in [0.29, 0.717) is 0 Å². The van der Waals surface area contributed by atoms with E-state index in [0.717, 1.165) is 28.8 Å². The van der Waals surface area contributed by atoms with Gasteiger partial charge in [-0.25, -0.2) is 13.4 Å². The zero-order valence-electron chi connectivity index (χ0n) is 14.8. The van der Waals surface area contributed by atoms with Gasteiger partial charge in [0.2, 0.25) is 0 Å². The van der Waals surface area contributed by atoms with Crippen molar-refractivity contribution in [2.75, 3.05) is 18.2 Å². The summed E-state index contributed by atoms with van der Waals surface area (Å²) < 4.78 is 27.6. The zero-order chi connectivity index (χ0) is 18.2. The van der Waals surface area contributed by atoms with E-state index in [2.05, 4.69) is 4.40 Å². The number of aliphatic imine (C=N–C) groups is 1. The number of nitrogens with zero attached hydrogens (tertiary/aromatic N) is 3. The molecule has 2 aromatic carbocycles. The van der Waals surface area contributed by atoms with E-state index in [-0.39, 0.29) is 5.84 Å². The number of anilines is 1. The molecule has 0 aromatic heterocycles. The smallest absolute Gasteiger partial charge is 0.252 e. The Bertz CT molecular complexity index is 961. The van der Waals surface area contributed by atoms with Crippen molar-refractivity contribution in [2.45, 2.75) is 19.4 Å². The van der Waals surface area contributed by atoms with E-state index in [1.165, 1.54) is 0 Å². The van der Waals surface area contributed by atoms with Crippen LogP contribution >= 0.6 is 0 Å². The highest BCUT2D eigenvalue weighted by Gasteiger charge is 2.36. The normalized spacial score (nSPS) is 18.5. The average molecular weight is 355 g/mol. The Labute approximate surface area is 148 Å². The summed E-state index contributed by atoms with van der Waals surface area (Å²) in [6.45, 7) is 3.84. The molecule has 25 heavy (non-hydrogen) atoms. The molecule has 1 aliphatic rings. The van der Waals surface area contributed by atoms with Gasteiger partial charge < -0.3 is 4.90 Å². The van der Waals surface area contributed by atoms with Crippen LogP contribution in [0.5, 0.6) is 0 Å². The summed E-state index contributed by atoms with van der Waals surface area (Å²) in [7, 11) is -1.64. The minimum atomic E-state index is -3.57. The molecule has 0 unspecified atom stereocenters. The molecule has 0 spiro atoms. The minimum absolute atomic E-state index is 0.271. The molecule has 3 rings (SSSR count). The molecule has 0 atom stereocenters. The maximum atomic E-state index is 11.8. The number of sulfonamides is 1. The number of fused-ring (bicyclic) bond motifs is 1. The van der Waals surface area contributed by atoms with Crippen molar-refractivity contribution in [2.24, 2.45) is 9.39 Å². The van der Waals surface area contributed by atoms with Crippen LogP contribution in [0, 0.1) is 0 Å². The third-order valence-corrected chi connectivity index (χ3v) is 4.93. The van der Waals surface area contributed by atoms with Gasteiger partial charge in [-0.2, -0.15) is 0 Å². The lowest BCUT2D eigenvalue weighted by atomic mass is 9.99. The summed E-state index contributed by atoms with van der Waals surface area (Å²) in [6, 6.07) is 17.7. The van der Waals surface area contributed by atoms with Crippen LogP contribution in [0.3, 0.4) is 0 Å². The van der Waals surface area contributed by atoms with Crippen LogP contribution < -0.4 is 4.90 Å². The molecule has 0 bridgehead atoms. The van der Waals surface area contributed by atoms with Crippen LogP contribution in [0.4, 0.5) is 5.69 Å². The topological polar surface area (TPSA) is 62.1 Å². The van der Waals surface area contributed by atoms with Crippen LogP contribution in [0.25, 0.3) is 0 Å². The monoisotopic (exact) mass is 355 g/mol. The second-order valence-electron chi connectivity index (χ2n) is 6.61. The number of para-hydroxylation sites is 1. The SMILES string of the molecule is CN1c2ccccc2C(c2ccccc2)=N/C(=N/S(C)(=O)=O)C1(C)C. The van der Waals surface area contributed by atoms with Crippen LogP contribution in [0.2, 0.25) is 0 Å². The fraction of sp³-hybridized carbons (Fsp3) is 0.263. The van der Waals surface area contributed by atoms with Crippen LogP contribution in [-0.4, -0.2) is 38.8 Å². The summed E-state index contributed by atoms with van der Waals surface area (Å²) in [4.78, 5) is 6.74. The summed E-state index contributed by atoms with van der Waals surface area (Å²) in [5, 5.41) is 0. The average Bonchev–Trinajstić information content (AvgIpc) is 2.64. The van der Waals surface area contributed by atoms with Gasteiger partial charge in [0.05, 0.1) is 17.5 Å². The number of benzene rings is 2. The zero-order valence-corrected chi connectivity index (χ0v) is 15.6. The van der Waals surface area contributed by atoms with Crippen molar-refractivity contribution in [1.82, 2.24) is 0 Å². The Morgan fingerprint density at radius 1 is 1.00 bits per heavy atom. The summed E-state index contributed by atoms with van der Waals surface area (Å²) >= 11 is 0. The molecule has 0 saturated carbocycles. The first-order valence-electron chi connectivity index (χ1n) is 7.98. The Hall–Kier alpha value is -2.47. The van der Waals surface area contributed by atoms with Crippen molar-refractivity contribution in [1.29, 1.82) is 0 Å². The maximum Gasteiger partial charge on any atom is 0.252 e. The Balaban J connectivity index is 2.36. The number of hydrogen-bond donors (Lipinski definition) is 0. The fourth-order valence-electron chi connectivity index (χ4n) is 2.83. The molecule has 0 radical (unpaired) electrons. The third-order valence-electron chi connectivity index (χ3n) is 4.42. The van der Waals surface area contributed by atoms with Gasteiger partial charge in [-0.05, 0) is 19.9 Å². The van der Waals surface area contributed by atoms with Gasteiger partial charge in [0, 0.05) is 23.9 Å². The van der Waals surface area contributed by atoms with Gasteiger partial charge in [0.25, 0.3) is 10.0 Å². The second-order valence-corrected chi connectivity index (χ2v) is 8.26. The lowest BCUT2D eigenvalue weighted by Crippen LogP contribution is -2.47. The first-order chi connectivity index (χ1) is 11.7. The number of rotatable bonds is 2. The third kappa shape index (κ3) is 3.35. The standard InChI is InChI=1S/C19H21N3O2S/c1-19(2)18(21-25(4,23)24)20-17(14-10-6-5-7-11-14)15-12-8-9-13-16(15)22(19)3/h5-13H,1-4H3/b21-18+. The number of likely N-dealkylation sites (N-methyl/N-ethyl adjacent to an activating group) is 1. The molecule has 2 aromatic rings. The first kappa shape index (κ1) is 17.4. The Kier molecular flexibility index (Phi) is 4.24. The number of hydrogen-bond acceptors (Lipinski definition) is 3. The quantitative estimate of drug-likeness (QED) is 0.831. The minimum Gasteiger partial charge on any atom is -0.362 e. The van der Waals surface area contributed by atoms with Gasteiger partial charge in [0.1, 0.15) is 0 Å². The van der Waals surface area contributed by atoms with Crippen molar-refractivity contribution in [3.8, 4) is 0 Å². The van der Waals surface area contributed by atoms with Gasteiger partial charge in [0.15, 0.2) is 5.84 Å². The van der Waals surface area contributed by atoms with E-state index in [1.54, 1.807) is 0 Å². The van der Waals surface area contributed by atoms with E-state index < -0.39 is 15.6 Å². The van der Waals surface area contributed by atoms with Crippen molar-refractivity contribution in [3.63, 3.8) is 0 Å². The molecule has 130 valence electrons. The number of amidine groups is 1. The number of benzodiazepines with no additional fused rings is 1. The second kappa shape index (κ2) is 6.11. The highest BCUT2D eigenvalue weighted by Crippen LogP contribution is 2.33. The van der Waals surface area contributed by atoms with Crippen molar-refractivity contribution in [3.05, 3.63) is 65.7 Å². The fourth-order valence-corrected chi connectivity index (χ4v) is 3.40. The van der Waals surface area contributed by atoms with Crippen LogP contribution in [0.1, 0.15) is 25.0 Å². The predicted molar refractivity (Wildman–Crippen MR) is 103 cm³/mol. The van der Waals surface area contributed by atoms with Crippen LogP contribution in [0.15, 0.2) is 64.0 Å². The summed E-state index contributed by atoms with van der Waals surface area (Å²) in [5.74, 6) is 0.271. The van der Waals surface area contributed by atoms with E-state index in [9.17, 15) is 8.42 Å². The highest BCUT2D eigenvalue weighted by atomic mass is 32.2. The molecule has 0 aliphatic carbocycles. The van der Waals surface area contributed by atoms with E-state index in [1.807, 2.05) is 80.4 Å². The van der Waals surface area contributed by atoms with E-state index in [4.69, 9.17) is 4.99 Å². The molecule has 0 amide bonds. The largest absolute Gasteiger partial charge is 0.362 e. The van der Waals surface area contributed by atoms with Crippen LogP contribution in [-0.2, 0) is 10.0 Å². The lowest BCUT2D eigenvalue weighted by molar-refractivity contribution is 0.600. The van der Waals surface area contributed by atoms with Crippen molar-refractivity contribution >= 4 is 27.3 Å². The highest BCUT2D eigenvalue weighted by molar-refractivity contribution is 7.89. The molecular weight excluding hydrogens is 334 g/mol. The lowest BCUT2D eigenvalue weighted by Gasteiger charge is -2.35. The molecular formula is C19H21N3O2S. The van der Waals surface area contributed by atoms with Gasteiger partial charge in [-0.3, -0.25) is 0 Å². The molecule has 0 fully saturated rings. The molecule has 1 heterocycles. The maximum absolute atomic E-state index is 11.8. The summed E-state index contributed by atoms with van der Waals surface area (Å²) in [6.07, 6.45) is 1.09. The molecule has 0 saturated heterocycles. The van der Waals surface area contributed by atoms with Gasteiger partial charge in [-0.15, -0.1) is 4.40 Å². The van der Waals surface area contributed by atoms with Gasteiger partial charge >= 0.3 is 0 Å². The molecule has 6 heteroatoms.